The molecule has 0 aromatic carbocycles. The molecule has 2 heterocycles. The van der Waals surface area contributed by atoms with Crippen molar-refractivity contribution in [2.75, 3.05) is 13.1 Å². The Morgan fingerprint density at radius 1 is 0.767 bits per heavy atom. The van der Waals surface area contributed by atoms with Crippen LogP contribution in [0.25, 0.3) is 0 Å². The van der Waals surface area contributed by atoms with Crippen molar-refractivity contribution in [2.24, 2.45) is 11.8 Å². The molecule has 0 aromatic rings. The van der Waals surface area contributed by atoms with Gasteiger partial charge in [0.25, 0.3) is 11.8 Å². The predicted molar refractivity (Wildman–Crippen MR) is 98.0 cm³/mol. The third-order valence-corrected chi connectivity index (χ3v) is 5.46. The van der Waals surface area contributed by atoms with Crippen molar-refractivity contribution < 1.29 is 39.0 Å². The molecule has 2 atom stereocenters. The van der Waals surface area contributed by atoms with Gasteiger partial charge < -0.3 is 20.8 Å². The summed E-state index contributed by atoms with van der Waals surface area (Å²) in [6.45, 7) is -0.180. The van der Waals surface area contributed by atoms with Gasteiger partial charge >= 0.3 is 24.0 Å². The zero-order chi connectivity index (χ0) is 22.0. The van der Waals surface area contributed by atoms with Crippen LogP contribution in [0.5, 0.6) is 0 Å². The SMILES string of the molecule is O=C(O)[C@@H](CC1CC1)N1C(=O)CNC1=O.O=C(O)[C@H](CC1CC1)N1C(=O)CNC1=O. The van der Waals surface area contributed by atoms with Gasteiger partial charge in [-0.1, -0.05) is 25.7 Å². The number of amides is 6. The van der Waals surface area contributed by atoms with E-state index in [1.165, 1.54) is 0 Å². The second-order valence-electron chi connectivity index (χ2n) is 7.91. The van der Waals surface area contributed by atoms with E-state index in [-0.39, 0.29) is 13.1 Å². The van der Waals surface area contributed by atoms with Gasteiger partial charge in [0, 0.05) is 0 Å². The van der Waals surface area contributed by atoms with Crippen molar-refractivity contribution in [3.63, 3.8) is 0 Å². The minimum Gasteiger partial charge on any atom is -0.480 e. The first-order chi connectivity index (χ1) is 14.2. The predicted octanol–water partition coefficient (Wildman–Crippen LogP) is -0.417. The summed E-state index contributed by atoms with van der Waals surface area (Å²) in [6, 6.07) is -3.17. The molecule has 2 saturated carbocycles. The van der Waals surface area contributed by atoms with E-state index in [1.807, 2.05) is 0 Å². The van der Waals surface area contributed by atoms with E-state index in [2.05, 4.69) is 10.6 Å². The molecule has 2 aliphatic carbocycles. The van der Waals surface area contributed by atoms with Crippen molar-refractivity contribution in [1.82, 2.24) is 20.4 Å². The van der Waals surface area contributed by atoms with Gasteiger partial charge in [0.15, 0.2) is 0 Å². The number of carbonyl (C=O) groups is 6. The number of rotatable bonds is 8. The van der Waals surface area contributed by atoms with E-state index < -0.39 is 47.9 Å². The Labute approximate surface area is 171 Å². The molecule has 4 aliphatic rings. The second kappa shape index (κ2) is 8.67. The highest BCUT2D eigenvalue weighted by Gasteiger charge is 2.42. The number of nitrogens with zero attached hydrogens (tertiary/aromatic N) is 2. The molecule has 2 saturated heterocycles. The van der Waals surface area contributed by atoms with Crippen LogP contribution in [-0.4, -0.2) is 81.0 Å². The summed E-state index contributed by atoms with van der Waals surface area (Å²) in [7, 11) is 0. The first kappa shape index (κ1) is 21.5. The number of nitrogens with one attached hydrogen (secondary N) is 2. The molecule has 4 fully saturated rings. The first-order valence-electron chi connectivity index (χ1n) is 9.84. The molecule has 4 N–H and O–H groups in total. The zero-order valence-corrected chi connectivity index (χ0v) is 16.2. The van der Waals surface area contributed by atoms with Crippen LogP contribution < -0.4 is 10.6 Å². The van der Waals surface area contributed by atoms with Crippen molar-refractivity contribution in [2.45, 2.75) is 50.6 Å². The minimum atomic E-state index is -1.10. The molecule has 0 spiro atoms. The summed E-state index contributed by atoms with van der Waals surface area (Å²) < 4.78 is 0. The molecule has 0 aromatic heterocycles. The topological polar surface area (TPSA) is 173 Å². The van der Waals surface area contributed by atoms with Crippen LogP contribution in [0.3, 0.4) is 0 Å². The summed E-state index contributed by atoms with van der Waals surface area (Å²) in [5.41, 5.74) is 0. The van der Waals surface area contributed by atoms with Crippen molar-refractivity contribution in [3.05, 3.63) is 0 Å². The molecule has 0 bridgehead atoms. The average molecular weight is 424 g/mol. The van der Waals surface area contributed by atoms with Crippen molar-refractivity contribution in [1.29, 1.82) is 0 Å². The summed E-state index contributed by atoms with van der Waals surface area (Å²) >= 11 is 0. The Morgan fingerprint density at radius 2 is 1.10 bits per heavy atom. The van der Waals surface area contributed by atoms with Gasteiger partial charge in [-0.2, -0.15) is 0 Å². The van der Waals surface area contributed by atoms with Crippen LogP contribution in [0.2, 0.25) is 0 Å². The van der Waals surface area contributed by atoms with Gasteiger partial charge in [0.1, 0.15) is 12.1 Å². The normalized spacial score (nSPS) is 22.8. The van der Waals surface area contributed by atoms with Gasteiger partial charge in [0.05, 0.1) is 13.1 Å². The lowest BCUT2D eigenvalue weighted by Crippen LogP contribution is -2.45. The number of hydrogen-bond donors (Lipinski definition) is 4. The van der Waals surface area contributed by atoms with Crippen LogP contribution in [-0.2, 0) is 19.2 Å². The number of aliphatic carboxylic acids is 2. The van der Waals surface area contributed by atoms with Gasteiger partial charge in [-0.3, -0.25) is 9.59 Å². The number of hydrogen-bond acceptors (Lipinski definition) is 6. The molecular formula is C18H24N4O8. The van der Waals surface area contributed by atoms with E-state index in [4.69, 9.17) is 10.2 Å². The average Bonchev–Trinajstić information content (AvgIpc) is 3.59. The number of carboxylic acids is 2. The molecule has 12 nitrogen and oxygen atoms in total. The van der Waals surface area contributed by atoms with Gasteiger partial charge in [-0.05, 0) is 24.7 Å². The molecule has 0 radical (unpaired) electrons. The third kappa shape index (κ3) is 5.05. The Balaban J connectivity index is 0.000000171. The molecule has 164 valence electrons. The molecule has 0 unspecified atom stereocenters. The Hall–Kier alpha value is -3.18. The van der Waals surface area contributed by atoms with Crippen LogP contribution in [0.15, 0.2) is 0 Å². The zero-order valence-electron chi connectivity index (χ0n) is 16.2. The van der Waals surface area contributed by atoms with E-state index >= 15 is 0 Å². The lowest BCUT2D eigenvalue weighted by Gasteiger charge is -2.20. The smallest absolute Gasteiger partial charge is 0.327 e. The summed E-state index contributed by atoms with van der Waals surface area (Å²) in [4.78, 5) is 68.8. The molecule has 2 aliphatic heterocycles. The fourth-order valence-corrected chi connectivity index (χ4v) is 3.47. The standard InChI is InChI=1S/2C9H12N2O4/c2*12-7-4-10-9(15)11(7)6(8(13)14)3-5-1-2-5/h2*5-6H,1-4H2,(H,10,15)(H,13,14)/t2*6-/m10/s1. The number of carbonyl (C=O) groups excluding carboxylic acids is 4. The summed E-state index contributed by atoms with van der Waals surface area (Å²) in [5.74, 6) is -2.40. The Kier molecular flexibility index (Phi) is 6.22. The van der Waals surface area contributed by atoms with E-state index in [9.17, 15) is 28.8 Å². The highest BCUT2D eigenvalue weighted by molar-refractivity contribution is 6.05. The second-order valence-corrected chi connectivity index (χ2v) is 7.91. The highest BCUT2D eigenvalue weighted by Crippen LogP contribution is 2.35. The highest BCUT2D eigenvalue weighted by atomic mass is 16.4. The monoisotopic (exact) mass is 424 g/mol. The van der Waals surface area contributed by atoms with Crippen LogP contribution >= 0.6 is 0 Å². The van der Waals surface area contributed by atoms with E-state index in [0.717, 1.165) is 35.5 Å². The molecule has 30 heavy (non-hydrogen) atoms. The number of carboxylic acid groups (broad SMARTS) is 2. The van der Waals surface area contributed by atoms with Crippen molar-refractivity contribution in [3.8, 4) is 0 Å². The quantitative estimate of drug-likeness (QED) is 0.380. The van der Waals surface area contributed by atoms with Gasteiger partial charge in [-0.15, -0.1) is 0 Å². The van der Waals surface area contributed by atoms with Crippen LogP contribution in [0.4, 0.5) is 9.59 Å². The van der Waals surface area contributed by atoms with Gasteiger partial charge in [0.2, 0.25) is 0 Å². The molecule has 4 rings (SSSR count). The minimum absolute atomic E-state index is 0.0900. The fourth-order valence-electron chi connectivity index (χ4n) is 3.47. The summed E-state index contributed by atoms with van der Waals surface area (Å²) in [5, 5.41) is 22.6. The largest absolute Gasteiger partial charge is 0.480 e. The maximum Gasteiger partial charge on any atom is 0.327 e. The van der Waals surface area contributed by atoms with Crippen LogP contribution in [0, 0.1) is 11.8 Å². The Bertz CT molecular complexity index is 680. The van der Waals surface area contributed by atoms with E-state index in [1.54, 1.807) is 0 Å². The number of urea groups is 2. The maximum absolute atomic E-state index is 11.3. The van der Waals surface area contributed by atoms with E-state index in [0.29, 0.717) is 24.7 Å². The number of imide groups is 2. The van der Waals surface area contributed by atoms with Gasteiger partial charge in [-0.25, -0.2) is 29.0 Å². The van der Waals surface area contributed by atoms with Crippen LogP contribution in [0.1, 0.15) is 38.5 Å². The third-order valence-electron chi connectivity index (χ3n) is 5.46. The first-order valence-corrected chi connectivity index (χ1v) is 9.84. The Morgan fingerprint density at radius 3 is 1.30 bits per heavy atom. The molecule has 12 heteroatoms. The lowest BCUT2D eigenvalue weighted by molar-refractivity contribution is -0.146. The molecular weight excluding hydrogens is 400 g/mol. The van der Waals surface area contributed by atoms with Crippen molar-refractivity contribution >= 4 is 35.8 Å². The summed E-state index contributed by atoms with van der Waals surface area (Å²) in [6.07, 6.45) is 4.74. The molecule has 6 amide bonds. The maximum atomic E-state index is 11.3. The fraction of sp³-hybridized carbons (Fsp3) is 0.667. The lowest BCUT2D eigenvalue weighted by atomic mass is 10.1.